The molecule has 1 aliphatic carbocycles. The summed E-state index contributed by atoms with van der Waals surface area (Å²) in [6.07, 6.45) is 5.96. The SMILES string of the molecule is O=C1CCc2ccc(CCN3CCN(c4cc(F)cc5sccc45)CC3)cc2N1C(=O)C1CCCC1. The predicted molar refractivity (Wildman–Crippen MR) is 143 cm³/mol. The summed E-state index contributed by atoms with van der Waals surface area (Å²) in [6, 6.07) is 11.7. The van der Waals surface area contributed by atoms with Crippen molar-refractivity contribution in [3.05, 3.63) is 58.7 Å². The molecule has 36 heavy (non-hydrogen) atoms. The first-order valence-electron chi connectivity index (χ1n) is 13.2. The number of anilines is 2. The lowest BCUT2D eigenvalue weighted by Crippen LogP contribution is -2.47. The molecule has 3 heterocycles. The number of rotatable bonds is 5. The Morgan fingerprint density at radius 2 is 1.78 bits per heavy atom. The maximum absolute atomic E-state index is 14.1. The molecule has 2 fully saturated rings. The van der Waals surface area contributed by atoms with Crippen molar-refractivity contribution in [1.29, 1.82) is 0 Å². The van der Waals surface area contributed by atoms with Gasteiger partial charge in [-0.2, -0.15) is 0 Å². The molecule has 7 heteroatoms. The summed E-state index contributed by atoms with van der Waals surface area (Å²) < 4.78 is 15.1. The summed E-state index contributed by atoms with van der Waals surface area (Å²) in [5, 5.41) is 3.16. The van der Waals surface area contributed by atoms with E-state index in [1.165, 1.54) is 10.5 Å². The summed E-state index contributed by atoms with van der Waals surface area (Å²) in [4.78, 5) is 32.2. The lowest BCUT2D eigenvalue weighted by Gasteiger charge is -2.36. The minimum absolute atomic E-state index is 0.00352. The van der Waals surface area contributed by atoms with Gasteiger partial charge in [0, 0.05) is 60.8 Å². The van der Waals surface area contributed by atoms with Crippen LogP contribution >= 0.6 is 11.3 Å². The third-order valence-corrected chi connectivity index (χ3v) is 8.98. The number of aryl methyl sites for hydroxylation is 1. The Balaban J connectivity index is 1.11. The fourth-order valence-corrected chi connectivity index (χ4v) is 6.88. The van der Waals surface area contributed by atoms with Crippen molar-refractivity contribution in [2.75, 3.05) is 42.5 Å². The molecule has 188 valence electrons. The number of amides is 2. The second-order valence-electron chi connectivity index (χ2n) is 10.3. The van der Waals surface area contributed by atoms with Crippen LogP contribution in [0.15, 0.2) is 41.8 Å². The number of halogens is 1. The molecule has 2 aliphatic heterocycles. The van der Waals surface area contributed by atoms with Crippen LogP contribution < -0.4 is 9.80 Å². The quantitative estimate of drug-likeness (QED) is 0.436. The van der Waals surface area contributed by atoms with Gasteiger partial charge in [0.1, 0.15) is 5.82 Å². The highest BCUT2D eigenvalue weighted by Gasteiger charge is 2.35. The molecule has 1 saturated carbocycles. The van der Waals surface area contributed by atoms with Gasteiger partial charge in [-0.1, -0.05) is 25.0 Å². The monoisotopic (exact) mass is 505 g/mol. The second-order valence-corrected chi connectivity index (χ2v) is 11.3. The van der Waals surface area contributed by atoms with E-state index in [-0.39, 0.29) is 23.5 Å². The topological polar surface area (TPSA) is 43.9 Å². The molecule has 0 atom stereocenters. The smallest absolute Gasteiger partial charge is 0.236 e. The molecule has 2 amide bonds. The van der Waals surface area contributed by atoms with E-state index >= 15 is 0 Å². The van der Waals surface area contributed by atoms with Crippen LogP contribution in [0.25, 0.3) is 10.1 Å². The number of imide groups is 1. The number of benzene rings is 2. The molecule has 0 spiro atoms. The zero-order chi connectivity index (χ0) is 24.6. The molecule has 0 bridgehead atoms. The van der Waals surface area contributed by atoms with Gasteiger partial charge >= 0.3 is 0 Å². The number of hydrogen-bond donors (Lipinski definition) is 0. The molecule has 5 nitrogen and oxygen atoms in total. The maximum Gasteiger partial charge on any atom is 0.236 e. The van der Waals surface area contributed by atoms with Gasteiger partial charge in [-0.3, -0.25) is 19.4 Å². The van der Waals surface area contributed by atoms with Crippen molar-refractivity contribution in [1.82, 2.24) is 4.90 Å². The fourth-order valence-electron chi connectivity index (χ4n) is 6.05. The van der Waals surface area contributed by atoms with Gasteiger partial charge in [0.15, 0.2) is 0 Å². The van der Waals surface area contributed by atoms with Gasteiger partial charge < -0.3 is 4.90 Å². The van der Waals surface area contributed by atoms with Gasteiger partial charge in [-0.15, -0.1) is 11.3 Å². The highest BCUT2D eigenvalue weighted by atomic mass is 32.1. The molecular weight excluding hydrogens is 473 g/mol. The second kappa shape index (κ2) is 9.94. The average molecular weight is 506 g/mol. The van der Waals surface area contributed by atoms with Crippen LogP contribution in [0.5, 0.6) is 0 Å². The fraction of sp³-hybridized carbons (Fsp3) is 0.448. The Hall–Kier alpha value is -2.77. The minimum Gasteiger partial charge on any atom is -0.368 e. The lowest BCUT2D eigenvalue weighted by molar-refractivity contribution is -0.129. The zero-order valence-electron chi connectivity index (χ0n) is 20.5. The Kier molecular flexibility index (Phi) is 6.52. The zero-order valence-corrected chi connectivity index (χ0v) is 21.4. The van der Waals surface area contributed by atoms with Crippen LogP contribution in [-0.2, 0) is 22.4 Å². The van der Waals surface area contributed by atoms with E-state index in [0.29, 0.717) is 12.8 Å². The van der Waals surface area contributed by atoms with Crippen LogP contribution in [-0.4, -0.2) is 49.4 Å². The van der Waals surface area contributed by atoms with E-state index in [1.54, 1.807) is 23.5 Å². The third-order valence-electron chi connectivity index (χ3n) is 8.12. The predicted octanol–water partition coefficient (Wildman–Crippen LogP) is 5.40. The summed E-state index contributed by atoms with van der Waals surface area (Å²) in [5.74, 6) is -0.226. The molecule has 3 aromatic rings. The molecule has 3 aliphatic rings. The van der Waals surface area contributed by atoms with E-state index in [0.717, 1.165) is 91.9 Å². The van der Waals surface area contributed by atoms with Crippen LogP contribution in [0.4, 0.5) is 15.8 Å². The summed E-state index contributed by atoms with van der Waals surface area (Å²) in [5.41, 5.74) is 4.09. The van der Waals surface area contributed by atoms with E-state index < -0.39 is 0 Å². The molecular formula is C29H32FN3O2S. The van der Waals surface area contributed by atoms with Crippen LogP contribution in [0.1, 0.15) is 43.2 Å². The highest BCUT2D eigenvalue weighted by Crippen LogP contribution is 2.35. The number of thiophene rings is 1. The molecule has 2 aromatic carbocycles. The largest absolute Gasteiger partial charge is 0.368 e. The first-order chi connectivity index (χ1) is 17.6. The van der Waals surface area contributed by atoms with Crippen LogP contribution in [0.2, 0.25) is 0 Å². The molecule has 0 radical (unpaired) electrons. The molecule has 0 unspecified atom stereocenters. The van der Waals surface area contributed by atoms with Crippen LogP contribution in [0.3, 0.4) is 0 Å². The van der Waals surface area contributed by atoms with Crippen molar-refractivity contribution in [3.63, 3.8) is 0 Å². The van der Waals surface area contributed by atoms with Gasteiger partial charge in [0.25, 0.3) is 0 Å². The highest BCUT2D eigenvalue weighted by molar-refractivity contribution is 7.17. The third kappa shape index (κ3) is 4.55. The number of carbonyl (C=O) groups excluding carboxylic acids is 2. The normalized spacial score (nSPS) is 19.3. The number of carbonyl (C=O) groups is 2. The van der Waals surface area contributed by atoms with Crippen LogP contribution in [0, 0.1) is 11.7 Å². The van der Waals surface area contributed by atoms with Crippen molar-refractivity contribution in [2.45, 2.75) is 44.9 Å². The Labute approximate surface area is 215 Å². The van der Waals surface area contributed by atoms with Gasteiger partial charge in [-0.05, 0) is 66.5 Å². The summed E-state index contributed by atoms with van der Waals surface area (Å²) >= 11 is 1.58. The standard InChI is InChI=1S/C29H32FN3O2S/c30-23-18-26(24-10-16-36-27(24)19-23)32-14-12-31(13-15-32)11-9-20-5-6-21-7-8-28(34)33(25(21)17-20)29(35)22-3-1-2-4-22/h5-6,10,16-19,22H,1-4,7-9,11-15H2. The van der Waals surface area contributed by atoms with Crippen molar-refractivity contribution in [2.24, 2.45) is 5.92 Å². The Morgan fingerprint density at radius 3 is 2.58 bits per heavy atom. The van der Waals surface area contributed by atoms with Crippen molar-refractivity contribution < 1.29 is 14.0 Å². The molecule has 0 N–H and O–H groups in total. The van der Waals surface area contributed by atoms with E-state index in [2.05, 4.69) is 34.1 Å². The molecule has 1 aromatic heterocycles. The average Bonchev–Trinajstić information content (AvgIpc) is 3.59. The molecule has 1 saturated heterocycles. The first-order valence-corrected chi connectivity index (χ1v) is 14.1. The number of hydrogen-bond acceptors (Lipinski definition) is 5. The van der Waals surface area contributed by atoms with E-state index in [1.807, 2.05) is 5.38 Å². The van der Waals surface area contributed by atoms with Gasteiger partial charge in [-0.25, -0.2) is 4.39 Å². The summed E-state index contributed by atoms with van der Waals surface area (Å²) in [6.45, 7) is 4.53. The molecule has 6 rings (SSSR count). The van der Waals surface area contributed by atoms with Crippen molar-refractivity contribution in [3.8, 4) is 0 Å². The number of fused-ring (bicyclic) bond motifs is 2. The van der Waals surface area contributed by atoms with Crippen molar-refractivity contribution >= 4 is 44.6 Å². The number of nitrogens with zero attached hydrogens (tertiary/aromatic N) is 3. The summed E-state index contributed by atoms with van der Waals surface area (Å²) in [7, 11) is 0. The Morgan fingerprint density at radius 1 is 0.972 bits per heavy atom. The maximum atomic E-state index is 14.1. The first kappa shape index (κ1) is 23.6. The van der Waals surface area contributed by atoms with Gasteiger partial charge in [0.2, 0.25) is 11.8 Å². The van der Waals surface area contributed by atoms with E-state index in [4.69, 9.17) is 0 Å². The Bertz CT molecular complexity index is 1290. The minimum atomic E-state index is -0.172. The lowest BCUT2D eigenvalue weighted by atomic mass is 9.96. The van der Waals surface area contributed by atoms with Gasteiger partial charge in [0.05, 0.1) is 5.69 Å². The number of piperazine rings is 1. The van der Waals surface area contributed by atoms with E-state index in [9.17, 15) is 14.0 Å².